The van der Waals surface area contributed by atoms with Gasteiger partial charge in [0.05, 0.1) is 5.02 Å². The van der Waals surface area contributed by atoms with Crippen molar-refractivity contribution in [1.29, 1.82) is 0 Å². The molecular formula is C19H15ClN2O2. The molecular weight excluding hydrogens is 324 g/mol. The summed E-state index contributed by atoms with van der Waals surface area (Å²) in [5.74, 6) is 1.21. The van der Waals surface area contributed by atoms with Crippen LogP contribution in [0.2, 0.25) is 5.02 Å². The lowest BCUT2D eigenvalue weighted by molar-refractivity contribution is 0.0570. The fourth-order valence-corrected chi connectivity index (χ4v) is 3.12. The smallest absolute Gasteiger partial charge is 0.289 e. The largest absolute Gasteiger partial charge is 0.451 e. The van der Waals surface area contributed by atoms with Gasteiger partial charge >= 0.3 is 0 Å². The van der Waals surface area contributed by atoms with Crippen molar-refractivity contribution >= 4 is 17.5 Å². The Kier molecular flexibility index (Phi) is 3.82. The van der Waals surface area contributed by atoms with Crippen LogP contribution in [0.5, 0.6) is 0 Å². The van der Waals surface area contributed by atoms with Gasteiger partial charge in [0.1, 0.15) is 5.76 Å². The molecule has 0 unspecified atom stereocenters. The zero-order valence-corrected chi connectivity index (χ0v) is 13.6. The molecule has 1 aliphatic heterocycles. The van der Waals surface area contributed by atoms with Crippen molar-refractivity contribution in [2.75, 3.05) is 13.1 Å². The van der Waals surface area contributed by atoms with Gasteiger partial charge in [-0.25, -0.2) is 0 Å². The molecule has 0 spiro atoms. The van der Waals surface area contributed by atoms with Gasteiger partial charge in [0.2, 0.25) is 0 Å². The minimum absolute atomic E-state index is 0.0894. The molecule has 4 nitrogen and oxygen atoms in total. The second-order valence-electron chi connectivity index (χ2n) is 5.84. The summed E-state index contributed by atoms with van der Waals surface area (Å²) in [5, 5.41) is 0.603. The Morgan fingerprint density at radius 1 is 1.12 bits per heavy atom. The number of halogens is 1. The number of amides is 1. The number of furan rings is 1. The summed E-state index contributed by atoms with van der Waals surface area (Å²) in [4.78, 5) is 18.4. The van der Waals surface area contributed by atoms with Gasteiger partial charge in [-0.2, -0.15) is 0 Å². The Bertz CT molecular complexity index is 870. The molecule has 24 heavy (non-hydrogen) atoms. The zero-order chi connectivity index (χ0) is 16.5. The maximum Gasteiger partial charge on any atom is 0.289 e. The minimum atomic E-state index is -0.0894. The highest BCUT2D eigenvalue weighted by Gasteiger charge is 2.33. The molecule has 1 amide bonds. The summed E-state index contributed by atoms with van der Waals surface area (Å²) >= 11 is 6.17. The van der Waals surface area contributed by atoms with Gasteiger partial charge < -0.3 is 9.32 Å². The Hall–Kier alpha value is -2.59. The fourth-order valence-electron chi connectivity index (χ4n) is 2.89. The Morgan fingerprint density at radius 2 is 1.96 bits per heavy atom. The molecule has 3 heterocycles. The molecule has 1 saturated heterocycles. The van der Waals surface area contributed by atoms with Crippen LogP contribution in [0, 0.1) is 0 Å². The van der Waals surface area contributed by atoms with Crippen LogP contribution in [0.3, 0.4) is 0 Å². The van der Waals surface area contributed by atoms with Crippen LogP contribution in [0.4, 0.5) is 0 Å². The van der Waals surface area contributed by atoms with E-state index in [1.165, 1.54) is 0 Å². The number of likely N-dealkylation sites (tertiary alicyclic amines) is 1. The van der Waals surface area contributed by atoms with E-state index in [9.17, 15) is 4.79 Å². The van der Waals surface area contributed by atoms with E-state index in [-0.39, 0.29) is 5.91 Å². The third kappa shape index (κ3) is 2.69. The zero-order valence-electron chi connectivity index (χ0n) is 12.9. The molecule has 1 aliphatic rings. The summed E-state index contributed by atoms with van der Waals surface area (Å²) < 4.78 is 5.72. The third-order valence-corrected chi connectivity index (χ3v) is 4.61. The highest BCUT2D eigenvalue weighted by Crippen LogP contribution is 2.31. The van der Waals surface area contributed by atoms with E-state index in [0.29, 0.717) is 35.6 Å². The van der Waals surface area contributed by atoms with E-state index in [1.807, 2.05) is 36.5 Å². The predicted octanol–water partition coefficient (Wildman–Crippen LogP) is 4.23. The Labute approximate surface area is 144 Å². The van der Waals surface area contributed by atoms with Crippen molar-refractivity contribution in [2.45, 2.75) is 5.92 Å². The molecule has 2 aromatic heterocycles. The number of rotatable bonds is 3. The molecule has 0 bridgehead atoms. The summed E-state index contributed by atoms with van der Waals surface area (Å²) in [7, 11) is 0. The lowest BCUT2D eigenvalue weighted by atomic mass is 9.92. The lowest BCUT2D eigenvalue weighted by Crippen LogP contribution is -2.48. The first-order valence-corrected chi connectivity index (χ1v) is 8.14. The second kappa shape index (κ2) is 6.13. The molecule has 1 fully saturated rings. The number of hydrogen-bond acceptors (Lipinski definition) is 3. The number of hydrogen-bond donors (Lipinski definition) is 0. The normalized spacial score (nSPS) is 14.5. The lowest BCUT2D eigenvalue weighted by Gasteiger charge is -2.38. The van der Waals surface area contributed by atoms with E-state index < -0.39 is 0 Å². The maximum atomic E-state index is 12.5. The molecule has 5 heteroatoms. The quantitative estimate of drug-likeness (QED) is 0.717. The number of carbonyl (C=O) groups excluding carboxylic acids is 1. The first kappa shape index (κ1) is 15.0. The topological polar surface area (TPSA) is 46.3 Å². The SMILES string of the molecule is O=C(c1ccc(-c2ccccc2Cl)o1)N1CC(c2cccnc2)C1. The van der Waals surface area contributed by atoms with Crippen molar-refractivity contribution in [3.8, 4) is 11.3 Å². The van der Waals surface area contributed by atoms with E-state index in [1.54, 1.807) is 29.3 Å². The van der Waals surface area contributed by atoms with Crippen molar-refractivity contribution in [3.05, 3.63) is 77.3 Å². The van der Waals surface area contributed by atoms with E-state index in [2.05, 4.69) is 4.98 Å². The van der Waals surface area contributed by atoms with Crippen LogP contribution >= 0.6 is 11.6 Å². The highest BCUT2D eigenvalue weighted by atomic mass is 35.5. The third-order valence-electron chi connectivity index (χ3n) is 4.28. The monoisotopic (exact) mass is 338 g/mol. The van der Waals surface area contributed by atoms with Crippen LogP contribution in [-0.4, -0.2) is 28.9 Å². The van der Waals surface area contributed by atoms with E-state index >= 15 is 0 Å². The van der Waals surface area contributed by atoms with Gasteiger partial charge in [0.15, 0.2) is 5.76 Å². The molecule has 0 saturated carbocycles. The first-order chi connectivity index (χ1) is 11.7. The molecule has 0 atom stereocenters. The molecule has 0 N–H and O–H groups in total. The average molecular weight is 339 g/mol. The average Bonchev–Trinajstić information content (AvgIpc) is 3.04. The molecule has 0 radical (unpaired) electrons. The number of pyridine rings is 1. The molecule has 1 aromatic carbocycles. The van der Waals surface area contributed by atoms with Gasteiger partial charge in [-0.1, -0.05) is 29.8 Å². The van der Waals surface area contributed by atoms with Crippen LogP contribution in [0.25, 0.3) is 11.3 Å². The molecule has 0 aliphatic carbocycles. The number of nitrogens with zero attached hydrogens (tertiary/aromatic N) is 2. The van der Waals surface area contributed by atoms with Gasteiger partial charge in [-0.05, 0) is 35.9 Å². The van der Waals surface area contributed by atoms with E-state index in [0.717, 1.165) is 11.1 Å². The summed E-state index contributed by atoms with van der Waals surface area (Å²) in [6, 6.07) is 14.9. The summed E-state index contributed by atoms with van der Waals surface area (Å²) in [5.41, 5.74) is 1.95. The van der Waals surface area contributed by atoms with Gasteiger partial charge in [0, 0.05) is 37.0 Å². The van der Waals surface area contributed by atoms with Crippen LogP contribution in [-0.2, 0) is 0 Å². The molecule has 4 rings (SSSR count). The van der Waals surface area contributed by atoms with Crippen molar-refractivity contribution in [3.63, 3.8) is 0 Å². The van der Waals surface area contributed by atoms with Crippen LogP contribution < -0.4 is 0 Å². The first-order valence-electron chi connectivity index (χ1n) is 7.76. The fraction of sp³-hybridized carbons (Fsp3) is 0.158. The second-order valence-corrected chi connectivity index (χ2v) is 6.24. The van der Waals surface area contributed by atoms with Crippen LogP contribution in [0.15, 0.2) is 65.3 Å². The molecule has 3 aromatic rings. The van der Waals surface area contributed by atoms with Gasteiger partial charge in [0.25, 0.3) is 5.91 Å². The Balaban J connectivity index is 1.46. The number of benzene rings is 1. The number of carbonyl (C=O) groups is 1. The Morgan fingerprint density at radius 3 is 2.71 bits per heavy atom. The van der Waals surface area contributed by atoms with E-state index in [4.69, 9.17) is 16.0 Å². The highest BCUT2D eigenvalue weighted by molar-refractivity contribution is 6.33. The number of aromatic nitrogens is 1. The van der Waals surface area contributed by atoms with Crippen molar-refractivity contribution in [1.82, 2.24) is 9.88 Å². The summed E-state index contributed by atoms with van der Waals surface area (Å²) in [6.45, 7) is 1.37. The summed E-state index contributed by atoms with van der Waals surface area (Å²) in [6.07, 6.45) is 3.61. The minimum Gasteiger partial charge on any atom is -0.451 e. The van der Waals surface area contributed by atoms with Gasteiger partial charge in [-0.15, -0.1) is 0 Å². The standard InChI is InChI=1S/C19H15ClN2O2/c20-16-6-2-1-5-15(16)17-7-8-18(24-17)19(23)22-11-14(12-22)13-4-3-9-21-10-13/h1-10,14H,11-12H2. The molecule has 120 valence electrons. The maximum absolute atomic E-state index is 12.5. The van der Waals surface area contributed by atoms with Crippen molar-refractivity contribution in [2.24, 2.45) is 0 Å². The van der Waals surface area contributed by atoms with Crippen LogP contribution in [0.1, 0.15) is 22.0 Å². The predicted molar refractivity (Wildman–Crippen MR) is 92.0 cm³/mol. The van der Waals surface area contributed by atoms with Gasteiger partial charge in [-0.3, -0.25) is 9.78 Å². The van der Waals surface area contributed by atoms with Crippen molar-refractivity contribution < 1.29 is 9.21 Å².